The van der Waals surface area contributed by atoms with E-state index in [-0.39, 0.29) is 17.6 Å². The van der Waals surface area contributed by atoms with Crippen molar-refractivity contribution in [1.82, 2.24) is 10.3 Å². The van der Waals surface area contributed by atoms with E-state index in [1.54, 1.807) is 13.0 Å². The number of carboxylic acids is 1. The summed E-state index contributed by atoms with van der Waals surface area (Å²) in [5.74, 6) is -1.25. The number of aromatic carboxylic acids is 1. The molecule has 1 aromatic carbocycles. The molecule has 0 aliphatic heterocycles. The van der Waals surface area contributed by atoms with Crippen molar-refractivity contribution in [3.8, 4) is 0 Å². The van der Waals surface area contributed by atoms with Gasteiger partial charge in [0, 0.05) is 10.9 Å². The maximum atomic E-state index is 12.3. The van der Waals surface area contributed by atoms with Crippen LogP contribution in [0.15, 0.2) is 23.6 Å². The molecule has 2 aromatic rings. The summed E-state index contributed by atoms with van der Waals surface area (Å²) in [5, 5.41) is 13.8. The van der Waals surface area contributed by atoms with Crippen molar-refractivity contribution in [1.29, 1.82) is 0 Å². The number of carboxylic acid groups (broad SMARTS) is 1. The molecule has 0 aliphatic rings. The molecule has 2 N–H and O–H groups in total. The van der Waals surface area contributed by atoms with Gasteiger partial charge in [-0.2, -0.15) is 0 Å². The second kappa shape index (κ2) is 6.05. The Labute approximate surface area is 126 Å². The highest BCUT2D eigenvalue weighted by atomic mass is 32.1. The Balaban J connectivity index is 2.14. The first-order valence-corrected chi connectivity index (χ1v) is 7.34. The van der Waals surface area contributed by atoms with Gasteiger partial charge < -0.3 is 10.4 Å². The molecule has 1 unspecified atom stereocenters. The Morgan fingerprint density at radius 3 is 2.67 bits per heavy atom. The van der Waals surface area contributed by atoms with Crippen LogP contribution in [-0.4, -0.2) is 22.0 Å². The normalized spacial score (nSPS) is 12.0. The third kappa shape index (κ3) is 3.28. The van der Waals surface area contributed by atoms with E-state index in [1.165, 1.54) is 16.7 Å². The van der Waals surface area contributed by atoms with Crippen molar-refractivity contribution in [3.05, 3.63) is 51.0 Å². The van der Waals surface area contributed by atoms with Gasteiger partial charge in [0.05, 0.1) is 6.04 Å². The van der Waals surface area contributed by atoms with Gasteiger partial charge in [-0.05, 0) is 38.0 Å². The molecule has 21 heavy (non-hydrogen) atoms. The molecule has 0 radical (unpaired) electrons. The van der Waals surface area contributed by atoms with Crippen LogP contribution < -0.4 is 5.32 Å². The number of aromatic nitrogens is 1. The van der Waals surface area contributed by atoms with Crippen molar-refractivity contribution in [3.63, 3.8) is 0 Å². The van der Waals surface area contributed by atoms with Crippen LogP contribution in [0.3, 0.4) is 0 Å². The lowest BCUT2D eigenvalue weighted by Gasteiger charge is -2.13. The fourth-order valence-electron chi connectivity index (χ4n) is 1.92. The number of thiazole rings is 1. The van der Waals surface area contributed by atoms with Crippen LogP contribution in [0.5, 0.6) is 0 Å². The van der Waals surface area contributed by atoms with Gasteiger partial charge >= 0.3 is 5.97 Å². The standard InChI is InChI=1S/C15H16N2O3S/c1-8-5-4-6-11(9(8)2)13(18)16-10(3)14-17-12(7-21-14)15(19)20/h4-7,10H,1-3H3,(H,16,18)(H,19,20). The smallest absolute Gasteiger partial charge is 0.355 e. The van der Waals surface area contributed by atoms with Gasteiger partial charge in [0.2, 0.25) is 0 Å². The molecule has 2 rings (SSSR count). The summed E-state index contributed by atoms with van der Waals surface area (Å²) in [6, 6.07) is 5.23. The SMILES string of the molecule is Cc1cccc(C(=O)NC(C)c2nc(C(=O)O)cs2)c1C. The van der Waals surface area contributed by atoms with E-state index < -0.39 is 5.97 Å². The minimum atomic E-state index is -1.06. The van der Waals surface area contributed by atoms with Gasteiger partial charge in [0.25, 0.3) is 5.91 Å². The first-order valence-electron chi connectivity index (χ1n) is 6.46. The number of nitrogens with zero attached hydrogens (tertiary/aromatic N) is 1. The molecule has 0 fully saturated rings. The summed E-state index contributed by atoms with van der Waals surface area (Å²) in [6.45, 7) is 5.64. The number of carbonyl (C=O) groups excluding carboxylic acids is 1. The quantitative estimate of drug-likeness (QED) is 0.910. The van der Waals surface area contributed by atoms with Crippen LogP contribution >= 0.6 is 11.3 Å². The number of amides is 1. The summed E-state index contributed by atoms with van der Waals surface area (Å²) >= 11 is 1.22. The highest BCUT2D eigenvalue weighted by Gasteiger charge is 2.18. The number of benzene rings is 1. The first-order chi connectivity index (χ1) is 9.90. The molecule has 1 aromatic heterocycles. The largest absolute Gasteiger partial charge is 0.476 e. The summed E-state index contributed by atoms with van der Waals surface area (Å²) < 4.78 is 0. The molecule has 0 saturated carbocycles. The Bertz CT molecular complexity index is 694. The third-order valence-corrected chi connectivity index (χ3v) is 4.34. The Morgan fingerprint density at radius 1 is 1.33 bits per heavy atom. The fourth-order valence-corrected chi connectivity index (χ4v) is 2.72. The van der Waals surface area contributed by atoms with Crippen LogP contribution in [0, 0.1) is 13.8 Å². The average Bonchev–Trinajstić information content (AvgIpc) is 2.91. The number of carbonyl (C=O) groups is 2. The highest BCUT2D eigenvalue weighted by molar-refractivity contribution is 7.09. The maximum Gasteiger partial charge on any atom is 0.355 e. The second-order valence-corrected chi connectivity index (χ2v) is 5.71. The number of hydrogen-bond donors (Lipinski definition) is 2. The molecule has 0 aliphatic carbocycles. The molecule has 1 heterocycles. The van der Waals surface area contributed by atoms with Crippen LogP contribution in [0.4, 0.5) is 0 Å². The fraction of sp³-hybridized carbons (Fsp3) is 0.267. The van der Waals surface area contributed by atoms with Gasteiger partial charge in [-0.25, -0.2) is 9.78 Å². The van der Waals surface area contributed by atoms with Gasteiger partial charge in [0.1, 0.15) is 5.01 Å². The maximum absolute atomic E-state index is 12.3. The lowest BCUT2D eigenvalue weighted by molar-refractivity contribution is 0.0691. The molecule has 1 atom stereocenters. The minimum absolute atomic E-state index is 0.00263. The zero-order valence-electron chi connectivity index (χ0n) is 12.0. The van der Waals surface area contributed by atoms with Crippen molar-refractivity contribution < 1.29 is 14.7 Å². The number of nitrogens with one attached hydrogen (secondary N) is 1. The third-order valence-electron chi connectivity index (χ3n) is 3.31. The number of rotatable bonds is 4. The summed E-state index contributed by atoms with van der Waals surface area (Å²) in [6.07, 6.45) is 0. The van der Waals surface area contributed by atoms with E-state index in [0.29, 0.717) is 10.6 Å². The van der Waals surface area contributed by atoms with Crippen molar-refractivity contribution in [2.45, 2.75) is 26.8 Å². The lowest BCUT2D eigenvalue weighted by Crippen LogP contribution is -2.27. The topological polar surface area (TPSA) is 79.3 Å². The molecule has 110 valence electrons. The zero-order chi connectivity index (χ0) is 15.6. The molecular formula is C15H16N2O3S. The van der Waals surface area contributed by atoms with E-state index >= 15 is 0 Å². The van der Waals surface area contributed by atoms with E-state index in [0.717, 1.165) is 11.1 Å². The van der Waals surface area contributed by atoms with E-state index in [4.69, 9.17) is 5.11 Å². The van der Waals surface area contributed by atoms with Gasteiger partial charge in [-0.15, -0.1) is 11.3 Å². The molecule has 6 heteroatoms. The minimum Gasteiger partial charge on any atom is -0.476 e. The van der Waals surface area contributed by atoms with Crippen LogP contribution in [0.2, 0.25) is 0 Å². The van der Waals surface area contributed by atoms with Gasteiger partial charge in [-0.1, -0.05) is 12.1 Å². The van der Waals surface area contributed by atoms with E-state index in [9.17, 15) is 9.59 Å². The molecule has 0 saturated heterocycles. The van der Waals surface area contributed by atoms with Gasteiger partial charge in [0.15, 0.2) is 5.69 Å². The van der Waals surface area contributed by atoms with Crippen LogP contribution in [0.25, 0.3) is 0 Å². The summed E-state index contributed by atoms with van der Waals surface area (Å²) in [5.41, 5.74) is 2.62. The van der Waals surface area contributed by atoms with Gasteiger partial charge in [-0.3, -0.25) is 4.79 Å². The monoisotopic (exact) mass is 304 g/mol. The van der Waals surface area contributed by atoms with Crippen LogP contribution in [0.1, 0.15) is 49.9 Å². The Hall–Kier alpha value is -2.21. The number of aryl methyl sites for hydroxylation is 1. The van der Waals surface area contributed by atoms with E-state index in [2.05, 4.69) is 10.3 Å². The molecule has 1 amide bonds. The molecule has 0 bridgehead atoms. The molecular weight excluding hydrogens is 288 g/mol. The lowest BCUT2D eigenvalue weighted by atomic mass is 10.0. The molecule has 0 spiro atoms. The highest BCUT2D eigenvalue weighted by Crippen LogP contribution is 2.19. The van der Waals surface area contributed by atoms with Crippen molar-refractivity contribution in [2.24, 2.45) is 0 Å². The second-order valence-electron chi connectivity index (χ2n) is 4.82. The summed E-state index contributed by atoms with van der Waals surface area (Å²) in [7, 11) is 0. The predicted molar refractivity (Wildman–Crippen MR) is 80.9 cm³/mol. The van der Waals surface area contributed by atoms with Crippen molar-refractivity contribution in [2.75, 3.05) is 0 Å². The number of hydrogen-bond acceptors (Lipinski definition) is 4. The summed E-state index contributed by atoms with van der Waals surface area (Å²) in [4.78, 5) is 27.1. The average molecular weight is 304 g/mol. The van der Waals surface area contributed by atoms with E-state index in [1.807, 2.05) is 26.0 Å². The van der Waals surface area contributed by atoms with Crippen molar-refractivity contribution >= 4 is 23.2 Å². The Morgan fingerprint density at radius 2 is 2.05 bits per heavy atom. The van der Waals surface area contributed by atoms with Crippen LogP contribution in [-0.2, 0) is 0 Å². The predicted octanol–water partition coefficient (Wildman–Crippen LogP) is 2.95. The first kappa shape index (κ1) is 15.2. The molecule has 5 nitrogen and oxygen atoms in total. The zero-order valence-corrected chi connectivity index (χ0v) is 12.8. The Kier molecular flexibility index (Phi) is 4.37.